The summed E-state index contributed by atoms with van der Waals surface area (Å²) in [4.78, 5) is 35.4. The number of carbonyl (C=O) groups is 3. The molecule has 0 aliphatic carbocycles. The molecule has 2 aliphatic rings. The molecule has 0 bridgehead atoms. The van der Waals surface area contributed by atoms with Gasteiger partial charge in [0, 0.05) is 37.7 Å². The number of hydrogen-bond acceptors (Lipinski definition) is 6. The normalized spacial score (nSPS) is 26.1. The molecule has 6 heteroatoms. The van der Waals surface area contributed by atoms with Gasteiger partial charge in [0.25, 0.3) is 0 Å². The van der Waals surface area contributed by atoms with Gasteiger partial charge in [-0.25, -0.2) is 0 Å². The minimum absolute atomic E-state index is 0.113. The second-order valence-corrected chi connectivity index (χ2v) is 7.77. The molecule has 0 spiro atoms. The number of allylic oxidation sites excluding steroid dienone is 1. The zero-order valence-corrected chi connectivity index (χ0v) is 17.2. The predicted molar refractivity (Wildman–Crippen MR) is 104 cm³/mol. The van der Waals surface area contributed by atoms with Crippen LogP contribution in [-0.2, 0) is 28.6 Å². The van der Waals surface area contributed by atoms with E-state index in [0.29, 0.717) is 32.1 Å². The van der Waals surface area contributed by atoms with Gasteiger partial charge in [-0.3, -0.25) is 9.59 Å². The molecule has 0 amide bonds. The van der Waals surface area contributed by atoms with Crippen molar-refractivity contribution in [2.45, 2.75) is 72.2 Å². The van der Waals surface area contributed by atoms with Crippen LogP contribution < -0.4 is 0 Å². The van der Waals surface area contributed by atoms with Gasteiger partial charge < -0.3 is 19.0 Å². The fourth-order valence-electron chi connectivity index (χ4n) is 3.69. The number of ketones is 1. The number of fused-ring (bicyclic) bond motifs is 1. The SMILES string of the molecule is C=C(CCCC(C)=O)C1C(=O)OC(CC=C(C)C)C2=COC(OC(C)=O)CC21. The molecule has 4 unspecified atom stereocenters. The van der Waals surface area contributed by atoms with E-state index in [0.717, 1.165) is 16.7 Å². The summed E-state index contributed by atoms with van der Waals surface area (Å²) in [5.41, 5.74) is 2.77. The summed E-state index contributed by atoms with van der Waals surface area (Å²) in [5, 5.41) is 0. The standard InChI is InChI=1S/C22H30O6/c1-13(2)9-10-19-18-12-26-20(27-16(5)24)11-17(18)21(22(25)28-19)14(3)7-6-8-15(4)23/h9,12,17,19-21H,3,6-8,10-11H2,1-2,4-5H3. The quantitative estimate of drug-likeness (QED) is 0.460. The van der Waals surface area contributed by atoms with Crippen molar-refractivity contribution >= 4 is 17.7 Å². The molecule has 6 nitrogen and oxygen atoms in total. The van der Waals surface area contributed by atoms with Crippen molar-refractivity contribution in [2.24, 2.45) is 11.8 Å². The van der Waals surface area contributed by atoms with Gasteiger partial charge in [-0.2, -0.15) is 0 Å². The summed E-state index contributed by atoms with van der Waals surface area (Å²) < 4.78 is 16.5. The third-order valence-corrected chi connectivity index (χ3v) is 5.02. The number of Topliss-reactive ketones (excluding diaryl/α,β-unsaturated/α-hetero) is 1. The lowest BCUT2D eigenvalue weighted by molar-refractivity contribution is -0.177. The Kier molecular flexibility index (Phi) is 7.61. The van der Waals surface area contributed by atoms with Gasteiger partial charge in [-0.05, 0) is 33.6 Å². The highest BCUT2D eigenvalue weighted by Gasteiger charge is 2.46. The van der Waals surface area contributed by atoms with E-state index in [1.165, 1.54) is 6.92 Å². The Balaban J connectivity index is 2.22. The van der Waals surface area contributed by atoms with Crippen LogP contribution in [0.3, 0.4) is 0 Å². The van der Waals surface area contributed by atoms with Crippen molar-refractivity contribution in [3.8, 4) is 0 Å². The predicted octanol–water partition coefficient (Wildman–Crippen LogP) is 4.01. The molecular formula is C22H30O6. The van der Waals surface area contributed by atoms with Crippen LogP contribution in [0.15, 0.2) is 35.6 Å². The maximum atomic E-state index is 12.8. The number of rotatable bonds is 8. The molecule has 2 aliphatic heterocycles. The average Bonchev–Trinajstić information content (AvgIpc) is 2.58. The van der Waals surface area contributed by atoms with Crippen molar-refractivity contribution in [3.63, 3.8) is 0 Å². The molecular weight excluding hydrogens is 360 g/mol. The Morgan fingerprint density at radius 2 is 1.96 bits per heavy atom. The Labute approximate surface area is 166 Å². The lowest BCUT2D eigenvalue weighted by atomic mass is 9.73. The van der Waals surface area contributed by atoms with Gasteiger partial charge in [0.1, 0.15) is 11.9 Å². The number of cyclic esters (lactones) is 1. The first-order chi connectivity index (χ1) is 13.2. The maximum Gasteiger partial charge on any atom is 0.314 e. The van der Waals surface area contributed by atoms with Gasteiger partial charge in [-0.1, -0.05) is 23.8 Å². The van der Waals surface area contributed by atoms with Crippen LogP contribution in [0.4, 0.5) is 0 Å². The number of hydrogen-bond donors (Lipinski definition) is 0. The summed E-state index contributed by atoms with van der Waals surface area (Å²) in [7, 11) is 0. The maximum absolute atomic E-state index is 12.8. The second kappa shape index (κ2) is 9.71. The van der Waals surface area contributed by atoms with E-state index in [4.69, 9.17) is 14.2 Å². The summed E-state index contributed by atoms with van der Waals surface area (Å²) in [5.74, 6) is -1.35. The van der Waals surface area contributed by atoms with Crippen molar-refractivity contribution < 1.29 is 28.6 Å². The molecule has 4 atom stereocenters. The second-order valence-electron chi connectivity index (χ2n) is 7.77. The smallest absolute Gasteiger partial charge is 0.314 e. The van der Waals surface area contributed by atoms with Gasteiger partial charge >= 0.3 is 11.9 Å². The van der Waals surface area contributed by atoms with Crippen LogP contribution in [0, 0.1) is 11.8 Å². The average molecular weight is 390 g/mol. The molecule has 1 saturated heterocycles. The largest absolute Gasteiger partial charge is 0.462 e. The van der Waals surface area contributed by atoms with Crippen molar-refractivity contribution in [1.82, 2.24) is 0 Å². The number of carbonyl (C=O) groups excluding carboxylic acids is 3. The highest BCUT2D eigenvalue weighted by atomic mass is 16.7. The molecule has 1 fully saturated rings. The Bertz CT molecular complexity index is 698. The van der Waals surface area contributed by atoms with Crippen molar-refractivity contribution in [1.29, 1.82) is 0 Å². The monoisotopic (exact) mass is 390 g/mol. The van der Waals surface area contributed by atoms with E-state index in [1.807, 2.05) is 19.9 Å². The van der Waals surface area contributed by atoms with Gasteiger partial charge in [0.05, 0.1) is 12.2 Å². The van der Waals surface area contributed by atoms with E-state index >= 15 is 0 Å². The topological polar surface area (TPSA) is 78.9 Å². The molecule has 2 rings (SSSR count). The van der Waals surface area contributed by atoms with Gasteiger partial charge in [0.2, 0.25) is 6.29 Å². The fourth-order valence-corrected chi connectivity index (χ4v) is 3.69. The lowest BCUT2D eigenvalue weighted by Gasteiger charge is -2.41. The van der Waals surface area contributed by atoms with Crippen LogP contribution in [-0.4, -0.2) is 30.1 Å². The summed E-state index contributed by atoms with van der Waals surface area (Å²) >= 11 is 0. The van der Waals surface area contributed by atoms with E-state index in [9.17, 15) is 14.4 Å². The minimum atomic E-state index is -0.728. The van der Waals surface area contributed by atoms with Crippen LogP contribution in [0.25, 0.3) is 0 Å². The van der Waals surface area contributed by atoms with E-state index in [-0.39, 0.29) is 17.7 Å². The summed E-state index contributed by atoms with van der Waals surface area (Å²) in [6.07, 6.45) is 5.10. The first-order valence-corrected chi connectivity index (χ1v) is 9.72. The molecule has 0 aromatic carbocycles. The van der Waals surface area contributed by atoms with Crippen LogP contribution in [0.1, 0.15) is 59.8 Å². The van der Waals surface area contributed by atoms with Crippen LogP contribution in [0.5, 0.6) is 0 Å². The Morgan fingerprint density at radius 1 is 1.25 bits per heavy atom. The summed E-state index contributed by atoms with van der Waals surface area (Å²) in [6.45, 7) is 11.0. The zero-order valence-electron chi connectivity index (χ0n) is 17.2. The first kappa shape index (κ1) is 21.9. The molecule has 28 heavy (non-hydrogen) atoms. The third-order valence-electron chi connectivity index (χ3n) is 5.02. The van der Waals surface area contributed by atoms with Crippen molar-refractivity contribution in [2.75, 3.05) is 0 Å². The van der Waals surface area contributed by atoms with Crippen LogP contribution in [0.2, 0.25) is 0 Å². The molecule has 154 valence electrons. The molecule has 0 saturated carbocycles. The molecule has 0 radical (unpaired) electrons. The lowest BCUT2D eigenvalue weighted by Crippen LogP contribution is -2.44. The molecule has 0 aromatic heterocycles. The molecule has 2 heterocycles. The first-order valence-electron chi connectivity index (χ1n) is 9.72. The van der Waals surface area contributed by atoms with Gasteiger partial charge in [0.15, 0.2) is 0 Å². The molecule has 0 aromatic rings. The fraction of sp³-hybridized carbons (Fsp3) is 0.591. The number of esters is 2. The number of ether oxygens (including phenoxy) is 3. The third kappa shape index (κ3) is 5.81. The van der Waals surface area contributed by atoms with E-state index in [1.54, 1.807) is 13.2 Å². The van der Waals surface area contributed by atoms with E-state index in [2.05, 4.69) is 6.58 Å². The zero-order chi connectivity index (χ0) is 20.8. The van der Waals surface area contributed by atoms with Crippen molar-refractivity contribution in [3.05, 3.63) is 35.6 Å². The Morgan fingerprint density at radius 3 is 2.57 bits per heavy atom. The highest BCUT2D eigenvalue weighted by Crippen LogP contribution is 2.43. The minimum Gasteiger partial charge on any atom is -0.462 e. The summed E-state index contributed by atoms with van der Waals surface area (Å²) in [6, 6.07) is 0. The highest BCUT2D eigenvalue weighted by molar-refractivity contribution is 5.79. The van der Waals surface area contributed by atoms with Gasteiger partial charge in [-0.15, -0.1) is 0 Å². The molecule has 0 N–H and O–H groups in total. The van der Waals surface area contributed by atoms with E-state index < -0.39 is 24.3 Å². The van der Waals surface area contributed by atoms with Crippen LogP contribution >= 0.6 is 0 Å². The Hall–Kier alpha value is -2.37.